The number of halogens is 2. The third-order valence-corrected chi connectivity index (χ3v) is 3.90. The third-order valence-electron chi connectivity index (χ3n) is 3.33. The van der Waals surface area contributed by atoms with Crippen molar-refractivity contribution in [3.8, 4) is 11.5 Å². The van der Waals surface area contributed by atoms with Gasteiger partial charge in [0.2, 0.25) is 5.78 Å². The molecule has 2 aromatic rings. The molecule has 0 bridgehead atoms. The molecule has 0 fully saturated rings. The summed E-state index contributed by atoms with van der Waals surface area (Å²) in [6.45, 7) is 1.40. The minimum absolute atomic E-state index is 0.0319. The Kier molecular flexibility index (Phi) is 4.60. The second-order valence-electron chi connectivity index (χ2n) is 5.25. The van der Waals surface area contributed by atoms with E-state index in [1.807, 2.05) is 0 Å². The standard InChI is InChI=1S/C18H12Cl2O4/c1-10(21)9-23-13-4-5-14-16(8-13)24-17(18(14)22)6-11-2-3-12(19)7-15(11)20/h2-8H,9H2,1H3/b17-6-. The molecule has 0 atom stereocenters. The Morgan fingerprint density at radius 1 is 1.21 bits per heavy atom. The second-order valence-corrected chi connectivity index (χ2v) is 6.10. The van der Waals surface area contributed by atoms with Crippen LogP contribution in [0.2, 0.25) is 10.0 Å². The van der Waals surface area contributed by atoms with Crippen molar-refractivity contribution in [2.24, 2.45) is 0 Å². The SMILES string of the molecule is CC(=O)COc1ccc2c(c1)O/C(=C\c1ccc(Cl)cc1Cl)C2=O. The minimum atomic E-state index is -0.242. The number of hydrogen-bond donors (Lipinski definition) is 0. The van der Waals surface area contributed by atoms with Crippen LogP contribution in [0.3, 0.4) is 0 Å². The molecule has 0 radical (unpaired) electrons. The van der Waals surface area contributed by atoms with Crippen LogP contribution in [0.5, 0.6) is 11.5 Å². The first kappa shape index (κ1) is 16.6. The van der Waals surface area contributed by atoms with E-state index in [2.05, 4.69) is 0 Å². The van der Waals surface area contributed by atoms with E-state index in [4.69, 9.17) is 32.7 Å². The van der Waals surface area contributed by atoms with Crippen LogP contribution in [0.1, 0.15) is 22.8 Å². The van der Waals surface area contributed by atoms with Gasteiger partial charge in [0.15, 0.2) is 11.5 Å². The number of carbonyl (C=O) groups is 2. The molecule has 0 amide bonds. The van der Waals surface area contributed by atoms with Gasteiger partial charge in [0.05, 0.1) is 5.56 Å². The van der Waals surface area contributed by atoms with Gasteiger partial charge in [-0.3, -0.25) is 9.59 Å². The van der Waals surface area contributed by atoms with Crippen LogP contribution in [0.15, 0.2) is 42.2 Å². The van der Waals surface area contributed by atoms with E-state index in [0.29, 0.717) is 32.7 Å². The maximum atomic E-state index is 12.4. The fourth-order valence-electron chi connectivity index (χ4n) is 2.20. The number of allylic oxidation sites excluding steroid dienone is 1. The van der Waals surface area contributed by atoms with E-state index in [-0.39, 0.29) is 23.9 Å². The first-order valence-electron chi connectivity index (χ1n) is 7.09. The number of rotatable bonds is 4. The molecule has 0 aliphatic carbocycles. The summed E-state index contributed by atoms with van der Waals surface area (Å²) in [6.07, 6.45) is 1.57. The van der Waals surface area contributed by atoms with Gasteiger partial charge in [-0.2, -0.15) is 0 Å². The lowest BCUT2D eigenvalue weighted by Gasteiger charge is -2.05. The van der Waals surface area contributed by atoms with Crippen LogP contribution >= 0.6 is 23.2 Å². The van der Waals surface area contributed by atoms with Crippen LogP contribution in [-0.4, -0.2) is 18.2 Å². The van der Waals surface area contributed by atoms with Gasteiger partial charge in [-0.1, -0.05) is 29.3 Å². The maximum absolute atomic E-state index is 12.4. The van der Waals surface area contributed by atoms with Crippen molar-refractivity contribution in [1.82, 2.24) is 0 Å². The maximum Gasteiger partial charge on any atom is 0.231 e. The molecule has 0 N–H and O–H groups in total. The summed E-state index contributed by atoms with van der Waals surface area (Å²) in [6, 6.07) is 9.80. The minimum Gasteiger partial charge on any atom is -0.486 e. The van der Waals surface area contributed by atoms with Gasteiger partial charge < -0.3 is 9.47 Å². The predicted molar refractivity (Wildman–Crippen MR) is 92.0 cm³/mol. The van der Waals surface area contributed by atoms with Gasteiger partial charge in [0.1, 0.15) is 18.1 Å². The summed E-state index contributed by atoms with van der Waals surface area (Å²) >= 11 is 12.0. The largest absolute Gasteiger partial charge is 0.486 e. The summed E-state index contributed by atoms with van der Waals surface area (Å²) < 4.78 is 10.9. The van der Waals surface area contributed by atoms with E-state index < -0.39 is 0 Å². The molecule has 3 rings (SSSR count). The highest BCUT2D eigenvalue weighted by Crippen LogP contribution is 2.35. The smallest absolute Gasteiger partial charge is 0.231 e. The van der Waals surface area contributed by atoms with Crippen molar-refractivity contribution in [3.05, 3.63) is 63.3 Å². The van der Waals surface area contributed by atoms with E-state index in [1.165, 1.54) is 6.92 Å². The Hall–Kier alpha value is -2.30. The highest BCUT2D eigenvalue weighted by atomic mass is 35.5. The van der Waals surface area contributed by atoms with Crippen molar-refractivity contribution in [3.63, 3.8) is 0 Å². The molecule has 0 saturated heterocycles. The average Bonchev–Trinajstić information content (AvgIpc) is 2.84. The number of ketones is 2. The first-order chi connectivity index (χ1) is 11.4. The molecule has 2 aromatic carbocycles. The van der Waals surface area contributed by atoms with Crippen LogP contribution in [0, 0.1) is 0 Å². The second kappa shape index (κ2) is 6.67. The molecule has 122 valence electrons. The Bertz CT molecular complexity index is 871. The van der Waals surface area contributed by atoms with E-state index >= 15 is 0 Å². The molecule has 0 saturated carbocycles. The third kappa shape index (κ3) is 3.45. The molecular weight excluding hydrogens is 351 g/mol. The highest BCUT2D eigenvalue weighted by Gasteiger charge is 2.28. The number of fused-ring (bicyclic) bond motifs is 1. The number of Topliss-reactive ketones (excluding diaryl/α,β-unsaturated/α-hetero) is 2. The quantitative estimate of drug-likeness (QED) is 0.747. The van der Waals surface area contributed by atoms with Gasteiger partial charge in [0.25, 0.3) is 0 Å². The van der Waals surface area contributed by atoms with Crippen molar-refractivity contribution in [1.29, 1.82) is 0 Å². The molecule has 4 nitrogen and oxygen atoms in total. The van der Waals surface area contributed by atoms with Gasteiger partial charge in [0, 0.05) is 16.1 Å². The number of hydrogen-bond acceptors (Lipinski definition) is 4. The normalized spacial score (nSPS) is 14.5. The van der Waals surface area contributed by atoms with Crippen molar-refractivity contribution >= 4 is 40.8 Å². The monoisotopic (exact) mass is 362 g/mol. The lowest BCUT2D eigenvalue weighted by Crippen LogP contribution is -2.06. The molecule has 0 aromatic heterocycles. The Morgan fingerprint density at radius 3 is 2.71 bits per heavy atom. The number of ether oxygens (including phenoxy) is 2. The number of carbonyl (C=O) groups excluding carboxylic acids is 2. The van der Waals surface area contributed by atoms with Crippen LogP contribution in [0.4, 0.5) is 0 Å². The summed E-state index contributed by atoms with van der Waals surface area (Å²) in [5.74, 6) is 0.678. The van der Waals surface area contributed by atoms with Crippen molar-refractivity contribution in [2.45, 2.75) is 6.92 Å². The summed E-state index contributed by atoms with van der Waals surface area (Å²) in [5, 5.41) is 0.934. The zero-order valence-corrected chi connectivity index (χ0v) is 14.1. The molecule has 0 unspecified atom stereocenters. The van der Waals surface area contributed by atoms with Gasteiger partial charge in [-0.15, -0.1) is 0 Å². The van der Waals surface area contributed by atoms with Gasteiger partial charge >= 0.3 is 0 Å². The average molecular weight is 363 g/mol. The van der Waals surface area contributed by atoms with E-state index in [9.17, 15) is 9.59 Å². The summed E-state index contributed by atoms with van der Waals surface area (Å²) in [7, 11) is 0. The fraction of sp³-hybridized carbons (Fsp3) is 0.111. The molecule has 0 spiro atoms. The number of benzene rings is 2. The highest BCUT2D eigenvalue weighted by molar-refractivity contribution is 6.35. The van der Waals surface area contributed by atoms with Gasteiger partial charge in [-0.25, -0.2) is 0 Å². The zero-order valence-electron chi connectivity index (χ0n) is 12.6. The lowest BCUT2D eigenvalue weighted by atomic mass is 10.1. The van der Waals surface area contributed by atoms with Crippen molar-refractivity contribution < 1.29 is 19.1 Å². The molecular formula is C18H12Cl2O4. The molecule has 6 heteroatoms. The Labute approximate surface area is 148 Å². The van der Waals surface area contributed by atoms with Crippen LogP contribution in [-0.2, 0) is 4.79 Å². The fourth-order valence-corrected chi connectivity index (χ4v) is 2.66. The molecule has 1 aliphatic heterocycles. The zero-order chi connectivity index (χ0) is 17.3. The predicted octanol–water partition coefficient (Wildman–Crippen LogP) is 4.58. The lowest BCUT2D eigenvalue weighted by molar-refractivity contribution is -0.118. The van der Waals surface area contributed by atoms with E-state index in [1.54, 1.807) is 42.5 Å². The Morgan fingerprint density at radius 2 is 2.00 bits per heavy atom. The topological polar surface area (TPSA) is 52.6 Å². The van der Waals surface area contributed by atoms with Crippen molar-refractivity contribution in [2.75, 3.05) is 6.61 Å². The van der Waals surface area contributed by atoms with Gasteiger partial charge in [-0.05, 0) is 42.8 Å². The molecule has 1 heterocycles. The van der Waals surface area contributed by atoms with Crippen LogP contribution < -0.4 is 9.47 Å². The van der Waals surface area contributed by atoms with Crippen LogP contribution in [0.25, 0.3) is 6.08 Å². The molecule has 24 heavy (non-hydrogen) atoms. The first-order valence-corrected chi connectivity index (χ1v) is 7.85. The Balaban J connectivity index is 1.87. The summed E-state index contributed by atoms with van der Waals surface area (Å²) in [5.41, 5.74) is 1.06. The molecule has 1 aliphatic rings. The van der Waals surface area contributed by atoms with E-state index in [0.717, 1.165) is 0 Å². The summed E-state index contributed by atoms with van der Waals surface area (Å²) in [4.78, 5) is 23.4.